The van der Waals surface area contributed by atoms with Crippen LogP contribution in [0.4, 0.5) is 0 Å². The van der Waals surface area contributed by atoms with Crippen molar-refractivity contribution in [3.8, 4) is 6.07 Å². The standard InChI is InChI=1S/C18H18ClN3O3/c19-15-12-6-2-3-7-13(12)21-16(15)17(24)25-10-14(23)22-18(11-20)8-4-1-5-9-18/h2-3,6-7,21H,1,4-5,8-10H2,(H,22,23). The number of amides is 1. The summed E-state index contributed by atoms with van der Waals surface area (Å²) in [6.07, 6.45) is 4.11. The van der Waals surface area contributed by atoms with Gasteiger partial charge >= 0.3 is 5.97 Å². The molecule has 1 amide bonds. The summed E-state index contributed by atoms with van der Waals surface area (Å²) in [7, 11) is 0. The number of benzene rings is 1. The number of nitriles is 1. The quantitative estimate of drug-likeness (QED) is 0.818. The fourth-order valence-electron chi connectivity index (χ4n) is 3.17. The van der Waals surface area contributed by atoms with Crippen molar-refractivity contribution in [2.75, 3.05) is 6.61 Å². The van der Waals surface area contributed by atoms with Crippen LogP contribution in [0.25, 0.3) is 10.9 Å². The van der Waals surface area contributed by atoms with Crippen molar-refractivity contribution in [1.82, 2.24) is 10.3 Å². The van der Waals surface area contributed by atoms with Crippen molar-refractivity contribution in [2.24, 2.45) is 0 Å². The van der Waals surface area contributed by atoms with Crippen molar-refractivity contribution in [3.05, 3.63) is 35.0 Å². The molecule has 0 unspecified atom stereocenters. The lowest BCUT2D eigenvalue weighted by atomic mass is 9.83. The molecule has 2 aromatic rings. The third-order valence-corrected chi connectivity index (χ3v) is 4.87. The van der Waals surface area contributed by atoms with Crippen LogP contribution in [0.5, 0.6) is 0 Å². The summed E-state index contributed by atoms with van der Waals surface area (Å²) in [6, 6.07) is 9.42. The van der Waals surface area contributed by atoms with Gasteiger partial charge in [0.2, 0.25) is 0 Å². The molecule has 1 fully saturated rings. The molecule has 1 aromatic heterocycles. The van der Waals surface area contributed by atoms with Gasteiger partial charge < -0.3 is 15.0 Å². The molecule has 0 saturated heterocycles. The molecule has 0 spiro atoms. The molecule has 0 atom stereocenters. The van der Waals surface area contributed by atoms with E-state index in [0.29, 0.717) is 18.2 Å². The molecular formula is C18H18ClN3O3. The number of H-pyrrole nitrogens is 1. The van der Waals surface area contributed by atoms with E-state index in [1.54, 1.807) is 12.1 Å². The number of ether oxygens (including phenoxy) is 1. The number of fused-ring (bicyclic) bond motifs is 1. The number of aromatic amines is 1. The zero-order valence-corrected chi connectivity index (χ0v) is 14.4. The second kappa shape index (κ2) is 7.16. The van der Waals surface area contributed by atoms with Crippen LogP contribution >= 0.6 is 11.6 Å². The van der Waals surface area contributed by atoms with Gasteiger partial charge in [-0.1, -0.05) is 49.1 Å². The van der Waals surface area contributed by atoms with Crippen molar-refractivity contribution >= 4 is 34.4 Å². The fourth-order valence-corrected chi connectivity index (χ4v) is 3.46. The van der Waals surface area contributed by atoms with E-state index in [1.807, 2.05) is 12.1 Å². The third-order valence-electron chi connectivity index (χ3n) is 4.48. The number of rotatable bonds is 4. The minimum atomic E-state index is -0.847. The van der Waals surface area contributed by atoms with Crippen molar-refractivity contribution in [1.29, 1.82) is 5.26 Å². The van der Waals surface area contributed by atoms with E-state index in [0.717, 1.165) is 24.8 Å². The van der Waals surface area contributed by atoms with Crippen LogP contribution in [0.15, 0.2) is 24.3 Å². The SMILES string of the molecule is N#CC1(NC(=O)COC(=O)c2[nH]c3ccccc3c2Cl)CCCCC1. The van der Waals surface area contributed by atoms with Crippen LogP contribution in [0.2, 0.25) is 5.02 Å². The summed E-state index contributed by atoms with van der Waals surface area (Å²) in [5, 5.41) is 13.1. The van der Waals surface area contributed by atoms with Gasteiger partial charge in [0.05, 0.1) is 11.1 Å². The summed E-state index contributed by atoms with van der Waals surface area (Å²) in [6.45, 7) is -0.450. The first kappa shape index (κ1) is 17.3. The second-order valence-electron chi connectivity index (χ2n) is 6.24. The molecule has 1 aliphatic carbocycles. The van der Waals surface area contributed by atoms with Crippen molar-refractivity contribution < 1.29 is 14.3 Å². The van der Waals surface area contributed by atoms with Gasteiger partial charge in [-0.2, -0.15) is 5.26 Å². The molecule has 0 aliphatic heterocycles. The first-order valence-corrected chi connectivity index (χ1v) is 8.58. The smallest absolute Gasteiger partial charge is 0.356 e. The Hall–Kier alpha value is -2.52. The maximum atomic E-state index is 12.2. The fraction of sp³-hybridized carbons (Fsp3) is 0.389. The number of halogens is 1. The number of carbonyl (C=O) groups is 2. The van der Waals surface area contributed by atoms with E-state index in [2.05, 4.69) is 16.4 Å². The molecule has 130 valence electrons. The maximum Gasteiger partial charge on any atom is 0.356 e. The number of hydrogen-bond donors (Lipinski definition) is 2. The van der Waals surface area contributed by atoms with Gasteiger partial charge in [-0.15, -0.1) is 0 Å². The molecule has 0 bridgehead atoms. The first-order valence-electron chi connectivity index (χ1n) is 8.20. The number of nitrogens with one attached hydrogen (secondary N) is 2. The Morgan fingerprint density at radius 2 is 2.00 bits per heavy atom. The third kappa shape index (κ3) is 3.62. The predicted octanol–water partition coefficient (Wildman–Crippen LogP) is 3.32. The number of carbonyl (C=O) groups excluding carboxylic acids is 2. The van der Waals surface area contributed by atoms with E-state index < -0.39 is 24.0 Å². The van der Waals surface area contributed by atoms with E-state index >= 15 is 0 Å². The van der Waals surface area contributed by atoms with Gasteiger partial charge in [-0.25, -0.2) is 4.79 Å². The number of nitrogens with zero attached hydrogens (tertiary/aromatic N) is 1. The van der Waals surface area contributed by atoms with E-state index in [9.17, 15) is 14.9 Å². The number of para-hydroxylation sites is 1. The highest BCUT2D eigenvalue weighted by Gasteiger charge is 2.33. The second-order valence-corrected chi connectivity index (χ2v) is 6.62. The summed E-state index contributed by atoms with van der Waals surface area (Å²) < 4.78 is 5.06. The molecule has 25 heavy (non-hydrogen) atoms. The van der Waals surface area contributed by atoms with Crippen LogP contribution in [0.3, 0.4) is 0 Å². The van der Waals surface area contributed by atoms with E-state index in [4.69, 9.17) is 16.3 Å². The Bertz CT molecular complexity index is 847. The highest BCUT2D eigenvalue weighted by Crippen LogP contribution is 2.28. The highest BCUT2D eigenvalue weighted by atomic mass is 35.5. The molecular weight excluding hydrogens is 342 g/mol. The lowest BCUT2D eigenvalue weighted by Gasteiger charge is -2.31. The van der Waals surface area contributed by atoms with Crippen LogP contribution in [0.1, 0.15) is 42.6 Å². The minimum Gasteiger partial charge on any atom is -0.451 e. The monoisotopic (exact) mass is 359 g/mol. The lowest BCUT2D eigenvalue weighted by molar-refractivity contribution is -0.125. The Labute approximate surface area is 150 Å². The van der Waals surface area contributed by atoms with Crippen LogP contribution < -0.4 is 5.32 Å². The molecule has 0 radical (unpaired) electrons. The van der Waals surface area contributed by atoms with Crippen molar-refractivity contribution in [2.45, 2.75) is 37.6 Å². The molecule has 3 rings (SSSR count). The number of aromatic nitrogens is 1. The van der Waals surface area contributed by atoms with Crippen LogP contribution in [-0.4, -0.2) is 29.0 Å². The molecule has 6 nitrogen and oxygen atoms in total. The summed E-state index contributed by atoms with van der Waals surface area (Å²) in [5.74, 6) is -1.19. The molecule has 1 aliphatic rings. The van der Waals surface area contributed by atoms with Gasteiger partial charge in [-0.3, -0.25) is 4.79 Å². The summed E-state index contributed by atoms with van der Waals surface area (Å²) >= 11 is 6.19. The highest BCUT2D eigenvalue weighted by molar-refractivity contribution is 6.38. The molecule has 2 N–H and O–H groups in total. The molecule has 1 aromatic carbocycles. The molecule has 7 heteroatoms. The summed E-state index contributed by atoms with van der Waals surface area (Å²) in [4.78, 5) is 27.2. The molecule has 1 saturated carbocycles. The topological polar surface area (TPSA) is 95.0 Å². The van der Waals surface area contributed by atoms with Gasteiger partial charge in [0.1, 0.15) is 11.2 Å². The van der Waals surface area contributed by atoms with Gasteiger partial charge in [0, 0.05) is 10.9 Å². The predicted molar refractivity (Wildman–Crippen MR) is 93.2 cm³/mol. The zero-order chi connectivity index (χ0) is 17.9. The largest absolute Gasteiger partial charge is 0.451 e. The Kier molecular flexibility index (Phi) is 4.95. The lowest BCUT2D eigenvalue weighted by Crippen LogP contribution is -2.50. The number of hydrogen-bond acceptors (Lipinski definition) is 4. The van der Waals surface area contributed by atoms with Crippen LogP contribution in [0, 0.1) is 11.3 Å². The summed E-state index contributed by atoms with van der Waals surface area (Å²) in [5.41, 5.74) is -0.0154. The van der Waals surface area contributed by atoms with Crippen LogP contribution in [-0.2, 0) is 9.53 Å². The first-order chi connectivity index (χ1) is 12.0. The van der Waals surface area contributed by atoms with Crippen molar-refractivity contribution in [3.63, 3.8) is 0 Å². The minimum absolute atomic E-state index is 0.114. The van der Waals surface area contributed by atoms with Gasteiger partial charge in [-0.05, 0) is 18.9 Å². The Morgan fingerprint density at radius 3 is 2.68 bits per heavy atom. The number of esters is 1. The Morgan fingerprint density at radius 1 is 1.28 bits per heavy atom. The van der Waals surface area contributed by atoms with E-state index in [-0.39, 0.29) is 10.7 Å². The average molecular weight is 360 g/mol. The zero-order valence-electron chi connectivity index (χ0n) is 13.6. The Balaban J connectivity index is 1.62. The maximum absolute atomic E-state index is 12.2. The van der Waals surface area contributed by atoms with Gasteiger partial charge in [0.15, 0.2) is 6.61 Å². The van der Waals surface area contributed by atoms with Gasteiger partial charge in [0.25, 0.3) is 5.91 Å². The normalized spacial score (nSPS) is 16.2. The average Bonchev–Trinajstić information content (AvgIpc) is 2.98. The van der Waals surface area contributed by atoms with E-state index in [1.165, 1.54) is 0 Å². The molecule has 1 heterocycles.